The number of carbonyl (C=O) groups is 2. The maximum Gasteiger partial charge on any atom is 1.00 e. The number of rotatable bonds is 2. The van der Waals surface area contributed by atoms with Crippen molar-refractivity contribution in [3.63, 3.8) is 0 Å². The molecular weight excluding hydrogens is 410 g/mol. The molecule has 0 aliphatic heterocycles. The van der Waals surface area contributed by atoms with Crippen LogP contribution >= 0.6 is 0 Å². The van der Waals surface area contributed by atoms with Crippen molar-refractivity contribution in [2.75, 3.05) is 5.32 Å². The van der Waals surface area contributed by atoms with Gasteiger partial charge in [0.1, 0.15) is 0 Å². The van der Waals surface area contributed by atoms with Crippen molar-refractivity contribution < 1.29 is 73.8 Å². The molecule has 0 aliphatic rings. The first kappa shape index (κ1) is 18.4. The quantitative estimate of drug-likeness (QED) is 0.568. The van der Waals surface area contributed by atoms with E-state index in [0.717, 1.165) is 0 Å². The summed E-state index contributed by atoms with van der Waals surface area (Å²) in [5, 5.41) is 2.57. The summed E-state index contributed by atoms with van der Waals surface area (Å²) in [7, 11) is 0. The van der Waals surface area contributed by atoms with E-state index in [2.05, 4.69) is 5.32 Å². The average molecular weight is 419 g/mol. The van der Waals surface area contributed by atoms with Gasteiger partial charge in [0, 0.05) is 0 Å². The Balaban J connectivity index is 0. The van der Waals surface area contributed by atoms with Gasteiger partial charge in [0.15, 0.2) is 0 Å². The molecule has 0 atom stereocenters. The largest absolute Gasteiger partial charge is 1.00 e. The minimum absolute atomic E-state index is 0. The Morgan fingerprint density at radius 2 is 1.88 bits per heavy atom. The second kappa shape index (κ2) is 9.12. The molecule has 0 spiro atoms. The topological polar surface area (TPSA) is 85.4 Å². The number of amides is 1. The van der Waals surface area contributed by atoms with Gasteiger partial charge in [0.2, 0.25) is 0 Å². The monoisotopic (exact) mass is 420 g/mol. The zero-order chi connectivity index (χ0) is 10.6. The van der Waals surface area contributed by atoms with Crippen LogP contribution in [0.2, 0.25) is 0 Å². The molecule has 0 unspecified atom stereocenters. The van der Waals surface area contributed by atoms with Crippen molar-refractivity contribution in [1.82, 2.24) is 0 Å². The molecule has 0 fully saturated rings. The molecule has 1 aromatic rings. The van der Waals surface area contributed by atoms with Crippen molar-refractivity contribution in [3.8, 4) is 0 Å². The molecule has 0 radical (unpaired) electrons. The molecular formula is C9H9HgNNaO4. The van der Waals surface area contributed by atoms with Crippen LogP contribution in [-0.2, 0) is 34.0 Å². The van der Waals surface area contributed by atoms with Gasteiger partial charge in [-0.3, -0.25) is 0 Å². The molecule has 5 nitrogen and oxygen atoms in total. The molecule has 7 heteroatoms. The predicted molar refractivity (Wildman–Crippen MR) is 48.1 cm³/mol. The van der Waals surface area contributed by atoms with Crippen molar-refractivity contribution >= 4 is 17.6 Å². The predicted octanol–water partition coefficient (Wildman–Crippen LogP) is -1.91. The Kier molecular flexibility index (Phi) is 10.5. The normalized spacial score (nSPS) is 8.19. The van der Waals surface area contributed by atoms with E-state index < -0.39 is 0 Å². The minimum Gasteiger partial charge on any atom is -0.870 e. The first-order valence-electron chi connectivity index (χ1n) is 3.98. The van der Waals surface area contributed by atoms with Crippen LogP contribution in [0, 0.1) is 0 Å². The van der Waals surface area contributed by atoms with Gasteiger partial charge in [-0.25, -0.2) is 0 Å². The summed E-state index contributed by atoms with van der Waals surface area (Å²) in [6.07, 6.45) is 0. The summed E-state index contributed by atoms with van der Waals surface area (Å²) in [4.78, 5) is 22.1. The van der Waals surface area contributed by atoms with Gasteiger partial charge in [-0.15, -0.1) is 0 Å². The number of carbonyl (C=O) groups excluding carboxylic acids is 2. The zero-order valence-electron chi connectivity index (χ0n) is 9.19. The second-order valence-corrected chi connectivity index (χ2v) is 3.78. The smallest absolute Gasteiger partial charge is 0.870 e. The Labute approximate surface area is 132 Å². The number of para-hydroxylation sites is 1. The van der Waals surface area contributed by atoms with E-state index >= 15 is 0 Å². The molecule has 0 bridgehead atoms. The first-order valence-corrected chi connectivity index (χ1v) is 6.22. The number of benzene rings is 1. The number of hydrogen-bond acceptors (Lipinski definition) is 4. The fraction of sp³-hybridized carbons (Fsp3) is 0.111. The molecule has 0 heterocycles. The Morgan fingerprint density at radius 1 is 1.31 bits per heavy atom. The summed E-state index contributed by atoms with van der Waals surface area (Å²) in [6, 6.07) is 6.77. The van der Waals surface area contributed by atoms with E-state index in [9.17, 15) is 9.59 Å². The van der Waals surface area contributed by atoms with Crippen LogP contribution < -0.4 is 34.9 Å². The Bertz CT molecular complexity index is 372. The molecule has 77 valence electrons. The van der Waals surface area contributed by atoms with Crippen LogP contribution in [0.25, 0.3) is 0 Å². The van der Waals surface area contributed by atoms with Crippen molar-refractivity contribution in [2.45, 2.75) is 6.92 Å². The van der Waals surface area contributed by atoms with Crippen LogP contribution in [0.5, 0.6) is 0 Å². The van der Waals surface area contributed by atoms with Crippen LogP contribution in [0.15, 0.2) is 24.3 Å². The summed E-state index contributed by atoms with van der Waals surface area (Å²) in [5.74, 6) is -0.582. The van der Waals surface area contributed by atoms with Crippen LogP contribution in [0.1, 0.15) is 17.3 Å². The standard InChI is InChI=1S/C9H9NO3.Hg.Na.H2O/c1-6(11)10-8-5-3-2-4-7(8)9(12)13;;;/h2-5H,1H3,(H,10,11)(H,12,13);;;1H2/q;2*+1;/p-2. The van der Waals surface area contributed by atoms with Crippen LogP contribution in [0.4, 0.5) is 5.69 Å². The second-order valence-electron chi connectivity index (χ2n) is 2.66. The molecule has 0 saturated carbocycles. The van der Waals surface area contributed by atoms with E-state index in [-0.39, 0.29) is 73.5 Å². The molecule has 1 amide bonds. The average Bonchev–Trinajstić information content (AvgIpc) is 2.16. The van der Waals surface area contributed by atoms with E-state index in [1.165, 1.54) is 6.92 Å². The SMILES string of the molecule is CC(=O)Nc1ccccc1C(=O)[O][Hg].[Na+].[OH-]. The summed E-state index contributed by atoms with van der Waals surface area (Å²) in [6.45, 7) is 1.40. The molecule has 0 aliphatic carbocycles. The third kappa shape index (κ3) is 5.40. The van der Waals surface area contributed by atoms with Gasteiger partial charge in [-0.2, -0.15) is 0 Å². The van der Waals surface area contributed by atoms with Gasteiger partial charge in [-0.05, 0) is 0 Å². The Morgan fingerprint density at radius 3 is 2.38 bits per heavy atom. The molecule has 0 saturated heterocycles. The first-order chi connectivity index (χ1) is 6.65. The molecule has 1 aromatic carbocycles. The third-order valence-corrected chi connectivity index (χ3v) is 2.61. The van der Waals surface area contributed by atoms with Crippen molar-refractivity contribution in [3.05, 3.63) is 29.8 Å². The van der Waals surface area contributed by atoms with Crippen molar-refractivity contribution in [1.29, 1.82) is 0 Å². The minimum atomic E-state index is -0.377. The molecule has 16 heavy (non-hydrogen) atoms. The van der Waals surface area contributed by atoms with Gasteiger partial charge < -0.3 is 5.48 Å². The third-order valence-electron chi connectivity index (χ3n) is 1.59. The van der Waals surface area contributed by atoms with Crippen molar-refractivity contribution in [2.24, 2.45) is 0 Å². The van der Waals surface area contributed by atoms with E-state index in [1.54, 1.807) is 24.3 Å². The molecule has 2 N–H and O–H groups in total. The summed E-state index contributed by atoms with van der Waals surface area (Å²) in [5.41, 5.74) is 0.896. The summed E-state index contributed by atoms with van der Waals surface area (Å²) < 4.78 is 4.76. The number of anilines is 1. The molecule has 0 aromatic heterocycles. The van der Waals surface area contributed by atoms with Gasteiger partial charge in [-0.1, -0.05) is 0 Å². The van der Waals surface area contributed by atoms with E-state index in [0.29, 0.717) is 11.3 Å². The zero-order valence-corrected chi connectivity index (χ0v) is 16.7. The Hall–Kier alpha value is 0.0551. The van der Waals surface area contributed by atoms with Crippen LogP contribution in [0.3, 0.4) is 0 Å². The fourth-order valence-electron chi connectivity index (χ4n) is 1.04. The molecule has 1 rings (SSSR count). The maximum atomic E-state index is 11.3. The van der Waals surface area contributed by atoms with Gasteiger partial charge in [0.05, 0.1) is 0 Å². The van der Waals surface area contributed by atoms with Gasteiger partial charge in [0.25, 0.3) is 0 Å². The fourth-order valence-corrected chi connectivity index (χ4v) is 1.64. The van der Waals surface area contributed by atoms with Gasteiger partial charge >= 0.3 is 128 Å². The summed E-state index contributed by atoms with van der Waals surface area (Å²) >= 11 is -0.0405. The number of nitrogens with one attached hydrogen (secondary N) is 1. The van der Waals surface area contributed by atoms with Crippen LogP contribution in [-0.4, -0.2) is 17.4 Å². The number of hydrogen-bond donors (Lipinski definition) is 1. The van der Waals surface area contributed by atoms with E-state index in [4.69, 9.17) is 2.64 Å². The maximum absolute atomic E-state index is 11.3. The van der Waals surface area contributed by atoms with E-state index in [1.807, 2.05) is 0 Å².